The van der Waals surface area contributed by atoms with Gasteiger partial charge in [0.25, 0.3) is 0 Å². The highest BCUT2D eigenvalue weighted by Crippen LogP contribution is 2.26. The van der Waals surface area contributed by atoms with Crippen LogP contribution in [-0.4, -0.2) is 17.1 Å². The molecule has 0 fully saturated rings. The van der Waals surface area contributed by atoms with Gasteiger partial charge in [-0.25, -0.2) is 4.98 Å². The van der Waals surface area contributed by atoms with E-state index in [-0.39, 0.29) is 0 Å². The van der Waals surface area contributed by atoms with Crippen LogP contribution in [0.2, 0.25) is 0 Å². The number of nitrogens with zero attached hydrogens (tertiary/aromatic N) is 1. The van der Waals surface area contributed by atoms with Crippen LogP contribution in [0.4, 0.5) is 0 Å². The van der Waals surface area contributed by atoms with Crippen molar-refractivity contribution in [3.63, 3.8) is 0 Å². The summed E-state index contributed by atoms with van der Waals surface area (Å²) in [6.07, 6.45) is 0. The van der Waals surface area contributed by atoms with Crippen LogP contribution >= 0.6 is 12.2 Å². The maximum absolute atomic E-state index is 5.29. The van der Waals surface area contributed by atoms with Gasteiger partial charge in [-0.3, -0.25) is 0 Å². The minimum Gasteiger partial charge on any atom is -0.496 e. The Hall–Kier alpha value is -1.68. The SMILES string of the molecule is COc1ccccc1-c1nc(=S)cc(C)[nH]1. The molecule has 2 aromatic rings. The Balaban J connectivity index is 2.62. The normalized spacial score (nSPS) is 10.1. The van der Waals surface area contributed by atoms with Crippen molar-refractivity contribution >= 4 is 12.2 Å². The standard InChI is InChI=1S/C12H12N2OS/c1-8-7-11(16)14-12(13-8)9-5-3-4-6-10(9)15-2/h3-7H,1-2H3,(H,13,14,16). The monoisotopic (exact) mass is 232 g/mol. The Labute approximate surface area is 99.1 Å². The molecule has 16 heavy (non-hydrogen) atoms. The number of benzene rings is 1. The second-order valence-corrected chi connectivity index (χ2v) is 3.87. The van der Waals surface area contributed by atoms with Crippen LogP contribution in [0.25, 0.3) is 11.4 Å². The summed E-state index contributed by atoms with van der Waals surface area (Å²) in [5.74, 6) is 1.52. The molecule has 1 aromatic heterocycles. The third kappa shape index (κ3) is 2.12. The quantitative estimate of drug-likeness (QED) is 0.808. The fourth-order valence-electron chi connectivity index (χ4n) is 1.55. The Morgan fingerprint density at radius 1 is 1.31 bits per heavy atom. The molecule has 0 saturated heterocycles. The molecule has 2 rings (SSSR count). The molecule has 0 bridgehead atoms. The lowest BCUT2D eigenvalue weighted by molar-refractivity contribution is 0.416. The van der Waals surface area contributed by atoms with Gasteiger partial charge in [0.15, 0.2) is 0 Å². The first kappa shape index (κ1) is 10.8. The van der Waals surface area contributed by atoms with E-state index in [1.165, 1.54) is 0 Å². The number of ether oxygens (including phenoxy) is 1. The summed E-state index contributed by atoms with van der Waals surface area (Å²) in [7, 11) is 1.64. The summed E-state index contributed by atoms with van der Waals surface area (Å²) >= 11 is 5.09. The van der Waals surface area contributed by atoms with Crippen LogP contribution in [0.15, 0.2) is 30.3 Å². The molecule has 0 aliphatic carbocycles. The molecule has 3 nitrogen and oxygen atoms in total. The van der Waals surface area contributed by atoms with E-state index in [2.05, 4.69) is 9.97 Å². The zero-order valence-corrected chi connectivity index (χ0v) is 9.97. The topological polar surface area (TPSA) is 37.9 Å². The van der Waals surface area contributed by atoms with Gasteiger partial charge in [-0.05, 0) is 25.1 Å². The lowest BCUT2D eigenvalue weighted by Crippen LogP contribution is -1.94. The molecule has 0 unspecified atom stereocenters. The van der Waals surface area contributed by atoms with Gasteiger partial charge in [-0.1, -0.05) is 24.4 Å². The largest absolute Gasteiger partial charge is 0.496 e. The van der Waals surface area contributed by atoms with Gasteiger partial charge in [0.2, 0.25) is 0 Å². The van der Waals surface area contributed by atoms with Crippen molar-refractivity contribution in [1.29, 1.82) is 0 Å². The minimum absolute atomic E-state index is 0.581. The second-order valence-electron chi connectivity index (χ2n) is 3.45. The Morgan fingerprint density at radius 2 is 2.06 bits per heavy atom. The number of aromatic amines is 1. The molecule has 1 N–H and O–H groups in total. The van der Waals surface area contributed by atoms with E-state index in [1.807, 2.05) is 37.3 Å². The maximum Gasteiger partial charge on any atom is 0.142 e. The second kappa shape index (κ2) is 4.45. The Morgan fingerprint density at radius 3 is 2.75 bits per heavy atom. The van der Waals surface area contributed by atoms with E-state index in [0.717, 1.165) is 22.8 Å². The van der Waals surface area contributed by atoms with E-state index < -0.39 is 0 Å². The zero-order chi connectivity index (χ0) is 11.5. The molecule has 0 radical (unpaired) electrons. The predicted molar refractivity (Wildman–Crippen MR) is 66.1 cm³/mol. The fraction of sp³-hybridized carbons (Fsp3) is 0.167. The van der Waals surface area contributed by atoms with Gasteiger partial charge in [0.1, 0.15) is 16.2 Å². The number of nitrogens with one attached hydrogen (secondary N) is 1. The van der Waals surface area contributed by atoms with Gasteiger partial charge >= 0.3 is 0 Å². The average Bonchev–Trinajstić information content (AvgIpc) is 2.27. The molecule has 0 amide bonds. The zero-order valence-electron chi connectivity index (χ0n) is 9.15. The van der Waals surface area contributed by atoms with Crippen LogP contribution in [0.5, 0.6) is 5.75 Å². The van der Waals surface area contributed by atoms with Crippen LogP contribution in [0.1, 0.15) is 5.69 Å². The van der Waals surface area contributed by atoms with Gasteiger partial charge in [0, 0.05) is 5.69 Å². The number of hydrogen-bond donors (Lipinski definition) is 1. The first-order chi connectivity index (χ1) is 7.70. The molecule has 0 aliphatic rings. The number of para-hydroxylation sites is 1. The van der Waals surface area contributed by atoms with E-state index >= 15 is 0 Å². The Bertz CT molecular complexity index is 563. The summed E-state index contributed by atoms with van der Waals surface area (Å²) in [6, 6.07) is 9.54. The summed E-state index contributed by atoms with van der Waals surface area (Å²) in [5.41, 5.74) is 1.90. The number of aryl methyl sites for hydroxylation is 1. The number of rotatable bonds is 2. The van der Waals surface area contributed by atoms with Crippen LogP contribution in [-0.2, 0) is 0 Å². The molecular formula is C12H12N2OS. The van der Waals surface area contributed by atoms with Gasteiger partial charge < -0.3 is 9.72 Å². The molecule has 0 spiro atoms. The van der Waals surface area contributed by atoms with Crippen molar-refractivity contribution in [2.45, 2.75) is 6.92 Å². The third-order valence-electron chi connectivity index (χ3n) is 2.24. The summed E-state index contributed by atoms with van der Waals surface area (Å²) < 4.78 is 5.87. The smallest absolute Gasteiger partial charge is 0.142 e. The summed E-state index contributed by atoms with van der Waals surface area (Å²) in [6.45, 7) is 1.95. The van der Waals surface area contributed by atoms with Crippen molar-refractivity contribution in [2.24, 2.45) is 0 Å². The van der Waals surface area contributed by atoms with Crippen molar-refractivity contribution in [3.8, 4) is 17.1 Å². The number of aromatic nitrogens is 2. The van der Waals surface area contributed by atoms with E-state index in [1.54, 1.807) is 7.11 Å². The van der Waals surface area contributed by atoms with Crippen LogP contribution < -0.4 is 4.74 Å². The van der Waals surface area contributed by atoms with E-state index in [0.29, 0.717) is 4.64 Å². The van der Waals surface area contributed by atoms with Crippen LogP contribution in [0.3, 0.4) is 0 Å². The van der Waals surface area contributed by atoms with Crippen LogP contribution in [0, 0.1) is 11.6 Å². The highest BCUT2D eigenvalue weighted by Gasteiger charge is 2.06. The third-order valence-corrected chi connectivity index (χ3v) is 2.45. The maximum atomic E-state index is 5.29. The first-order valence-corrected chi connectivity index (χ1v) is 5.33. The molecule has 0 atom stereocenters. The highest BCUT2D eigenvalue weighted by atomic mass is 32.1. The van der Waals surface area contributed by atoms with Gasteiger partial charge in [-0.15, -0.1) is 0 Å². The number of H-pyrrole nitrogens is 1. The average molecular weight is 232 g/mol. The summed E-state index contributed by atoms with van der Waals surface area (Å²) in [5, 5.41) is 0. The van der Waals surface area contributed by atoms with Crippen molar-refractivity contribution in [1.82, 2.24) is 9.97 Å². The predicted octanol–water partition coefficient (Wildman–Crippen LogP) is 3.12. The first-order valence-electron chi connectivity index (χ1n) is 4.92. The lowest BCUT2D eigenvalue weighted by atomic mass is 10.2. The van der Waals surface area contributed by atoms with Crippen molar-refractivity contribution < 1.29 is 4.74 Å². The minimum atomic E-state index is 0.581. The van der Waals surface area contributed by atoms with Crippen molar-refractivity contribution in [3.05, 3.63) is 40.7 Å². The fourth-order valence-corrected chi connectivity index (χ4v) is 1.81. The summed E-state index contributed by atoms with van der Waals surface area (Å²) in [4.78, 5) is 7.47. The van der Waals surface area contributed by atoms with E-state index in [4.69, 9.17) is 17.0 Å². The number of hydrogen-bond acceptors (Lipinski definition) is 3. The van der Waals surface area contributed by atoms with Crippen molar-refractivity contribution in [2.75, 3.05) is 7.11 Å². The molecule has 0 aliphatic heterocycles. The Kier molecular flexibility index (Phi) is 3.01. The molecule has 82 valence electrons. The molecule has 1 heterocycles. The van der Waals surface area contributed by atoms with Gasteiger partial charge in [0.05, 0.1) is 12.7 Å². The lowest BCUT2D eigenvalue weighted by Gasteiger charge is -2.07. The molecule has 4 heteroatoms. The van der Waals surface area contributed by atoms with E-state index in [9.17, 15) is 0 Å². The highest BCUT2D eigenvalue weighted by molar-refractivity contribution is 7.71. The molecule has 1 aromatic carbocycles. The molecular weight excluding hydrogens is 220 g/mol. The molecule has 0 saturated carbocycles. The van der Waals surface area contributed by atoms with Gasteiger partial charge in [-0.2, -0.15) is 0 Å². The number of methoxy groups -OCH3 is 1.